The number of aromatic amines is 1. The van der Waals surface area contributed by atoms with Gasteiger partial charge in [-0.05, 0) is 18.9 Å². The molecule has 1 aromatic heterocycles. The Morgan fingerprint density at radius 3 is 2.45 bits per heavy atom. The smallest absolute Gasteiger partial charge is 0.281 e. The number of halogens is 3. The first-order valence-electron chi connectivity index (χ1n) is 6.80. The number of benzene rings is 1. The Morgan fingerprint density at radius 1 is 1.18 bits per heavy atom. The number of rotatable bonds is 2. The lowest BCUT2D eigenvalue weighted by atomic mass is 9.92. The molecule has 1 aromatic carbocycles. The summed E-state index contributed by atoms with van der Waals surface area (Å²) in [6, 6.07) is 7.46. The third kappa shape index (κ3) is 2.48. The van der Waals surface area contributed by atoms with Crippen LogP contribution in [0.1, 0.15) is 24.5 Å². The number of sulfonamides is 1. The zero-order chi connectivity index (χ0) is 16.0. The fourth-order valence-corrected chi connectivity index (χ4v) is 3.81. The number of aromatic nitrogens is 2. The predicted octanol–water partition coefficient (Wildman–Crippen LogP) is 2.59. The van der Waals surface area contributed by atoms with Crippen LogP contribution in [0.15, 0.2) is 24.3 Å². The molecule has 0 atom stereocenters. The number of para-hydroxylation sites is 1. The van der Waals surface area contributed by atoms with Gasteiger partial charge >= 0.3 is 15.5 Å². The molecular formula is C13H14F3N3O2S. The molecule has 2 heterocycles. The highest BCUT2D eigenvalue weighted by atomic mass is 32.2. The summed E-state index contributed by atoms with van der Waals surface area (Å²) in [5.74, 6) is -0.0212. The first kappa shape index (κ1) is 15.3. The molecule has 2 aromatic rings. The van der Waals surface area contributed by atoms with Gasteiger partial charge in [-0.15, -0.1) is 0 Å². The van der Waals surface area contributed by atoms with E-state index < -0.39 is 15.5 Å². The SMILES string of the molecule is O=S(=O)(N1CCC(c2[nH]nc3ccccc23)CC1)C(F)(F)F. The van der Waals surface area contributed by atoms with Crippen LogP contribution < -0.4 is 0 Å². The highest BCUT2D eigenvalue weighted by Crippen LogP contribution is 2.35. The van der Waals surface area contributed by atoms with E-state index in [1.807, 2.05) is 24.3 Å². The van der Waals surface area contributed by atoms with Crippen LogP contribution in [0.5, 0.6) is 0 Å². The van der Waals surface area contributed by atoms with Crippen molar-refractivity contribution in [3.63, 3.8) is 0 Å². The molecule has 0 amide bonds. The minimum atomic E-state index is -5.24. The van der Waals surface area contributed by atoms with Crippen molar-refractivity contribution < 1.29 is 21.6 Å². The normalized spacial score (nSPS) is 18.9. The summed E-state index contributed by atoms with van der Waals surface area (Å²) in [5.41, 5.74) is -3.58. The Bertz CT molecular complexity index is 777. The number of hydrogen-bond acceptors (Lipinski definition) is 3. The Morgan fingerprint density at radius 2 is 1.82 bits per heavy atom. The first-order chi connectivity index (χ1) is 10.3. The average molecular weight is 333 g/mol. The number of hydrogen-bond donors (Lipinski definition) is 1. The van der Waals surface area contributed by atoms with Crippen molar-refractivity contribution in [2.24, 2.45) is 0 Å². The molecule has 1 aliphatic heterocycles. The van der Waals surface area contributed by atoms with E-state index in [-0.39, 0.29) is 19.0 Å². The molecule has 0 aliphatic carbocycles. The molecule has 0 bridgehead atoms. The van der Waals surface area contributed by atoms with Gasteiger partial charge in [0.05, 0.1) is 5.52 Å². The predicted molar refractivity (Wildman–Crippen MR) is 74.6 cm³/mol. The molecule has 120 valence electrons. The van der Waals surface area contributed by atoms with Gasteiger partial charge in [-0.2, -0.15) is 22.6 Å². The summed E-state index contributed by atoms with van der Waals surface area (Å²) in [7, 11) is -5.23. The standard InChI is InChI=1S/C13H14F3N3O2S/c14-13(15,16)22(20,21)19-7-5-9(6-8-19)12-10-3-1-2-4-11(10)17-18-12/h1-4,9H,5-8H2,(H,17,18). The monoisotopic (exact) mass is 333 g/mol. The van der Waals surface area contributed by atoms with Gasteiger partial charge in [0.2, 0.25) is 0 Å². The molecule has 1 aliphatic rings. The summed E-state index contributed by atoms with van der Waals surface area (Å²) in [5, 5.41) is 8.02. The zero-order valence-electron chi connectivity index (χ0n) is 11.5. The molecular weight excluding hydrogens is 319 g/mol. The zero-order valence-corrected chi connectivity index (χ0v) is 12.3. The second-order valence-corrected chi connectivity index (χ2v) is 7.21. The Hall–Kier alpha value is -1.61. The van der Waals surface area contributed by atoms with Crippen LogP contribution >= 0.6 is 0 Å². The van der Waals surface area contributed by atoms with E-state index in [2.05, 4.69) is 10.2 Å². The third-order valence-corrected chi connectivity index (χ3v) is 5.62. The van der Waals surface area contributed by atoms with E-state index in [9.17, 15) is 21.6 Å². The van der Waals surface area contributed by atoms with Gasteiger partial charge in [0.1, 0.15) is 0 Å². The molecule has 22 heavy (non-hydrogen) atoms. The number of fused-ring (bicyclic) bond motifs is 1. The molecule has 0 radical (unpaired) electrons. The van der Waals surface area contributed by atoms with Crippen molar-refractivity contribution >= 4 is 20.9 Å². The van der Waals surface area contributed by atoms with Gasteiger partial charge in [0, 0.05) is 30.1 Å². The Balaban J connectivity index is 1.78. The number of H-pyrrole nitrogens is 1. The summed E-state index contributed by atoms with van der Waals surface area (Å²) in [6.45, 7) is -0.278. The molecule has 5 nitrogen and oxygen atoms in total. The largest absolute Gasteiger partial charge is 0.511 e. The molecule has 1 saturated heterocycles. The van der Waals surface area contributed by atoms with Crippen LogP contribution in [0.25, 0.3) is 10.9 Å². The van der Waals surface area contributed by atoms with Crippen LogP contribution in [0.4, 0.5) is 13.2 Å². The minimum Gasteiger partial charge on any atom is -0.281 e. The average Bonchev–Trinajstić information content (AvgIpc) is 2.90. The van der Waals surface area contributed by atoms with Crippen molar-refractivity contribution in [3.05, 3.63) is 30.0 Å². The maximum absolute atomic E-state index is 12.6. The molecule has 1 fully saturated rings. The van der Waals surface area contributed by atoms with Gasteiger partial charge in [0.25, 0.3) is 0 Å². The van der Waals surface area contributed by atoms with Gasteiger partial charge in [-0.25, -0.2) is 8.42 Å². The van der Waals surface area contributed by atoms with E-state index in [1.165, 1.54) is 0 Å². The number of piperidine rings is 1. The van der Waals surface area contributed by atoms with Crippen molar-refractivity contribution in [1.82, 2.24) is 14.5 Å². The van der Waals surface area contributed by atoms with Crippen LogP contribution in [0, 0.1) is 0 Å². The molecule has 3 rings (SSSR count). The van der Waals surface area contributed by atoms with Crippen LogP contribution in [-0.2, 0) is 10.0 Å². The second kappa shape index (κ2) is 5.24. The van der Waals surface area contributed by atoms with Crippen molar-refractivity contribution in [1.29, 1.82) is 0 Å². The first-order valence-corrected chi connectivity index (χ1v) is 8.24. The van der Waals surface area contributed by atoms with E-state index in [4.69, 9.17) is 0 Å². The molecule has 9 heteroatoms. The summed E-state index contributed by atoms with van der Waals surface area (Å²) >= 11 is 0. The van der Waals surface area contributed by atoms with Crippen molar-refractivity contribution in [3.8, 4) is 0 Å². The highest BCUT2D eigenvalue weighted by Gasteiger charge is 2.50. The van der Waals surface area contributed by atoms with E-state index in [0.29, 0.717) is 17.1 Å². The molecule has 0 unspecified atom stereocenters. The third-order valence-electron chi connectivity index (χ3n) is 3.99. The number of alkyl halides is 3. The van der Waals surface area contributed by atoms with Crippen molar-refractivity contribution in [2.45, 2.75) is 24.3 Å². The maximum atomic E-state index is 12.6. The Labute approximate surface area is 125 Å². The fraction of sp³-hybridized carbons (Fsp3) is 0.462. The van der Waals surface area contributed by atoms with Gasteiger partial charge in [-0.1, -0.05) is 18.2 Å². The number of nitrogens with zero attached hydrogens (tertiary/aromatic N) is 2. The van der Waals surface area contributed by atoms with Crippen LogP contribution in [0.2, 0.25) is 0 Å². The van der Waals surface area contributed by atoms with Gasteiger partial charge < -0.3 is 0 Å². The van der Waals surface area contributed by atoms with Gasteiger partial charge in [-0.3, -0.25) is 5.10 Å². The lowest BCUT2D eigenvalue weighted by molar-refractivity contribution is -0.0494. The van der Waals surface area contributed by atoms with Gasteiger partial charge in [0.15, 0.2) is 0 Å². The van der Waals surface area contributed by atoms with E-state index in [0.717, 1.165) is 16.6 Å². The highest BCUT2D eigenvalue weighted by molar-refractivity contribution is 7.90. The minimum absolute atomic E-state index is 0.0212. The molecule has 1 N–H and O–H groups in total. The Kier molecular flexibility index (Phi) is 3.64. The fourth-order valence-electron chi connectivity index (χ4n) is 2.82. The lowest BCUT2D eigenvalue weighted by Gasteiger charge is -2.31. The van der Waals surface area contributed by atoms with Crippen LogP contribution in [0.3, 0.4) is 0 Å². The second-order valence-electron chi connectivity index (χ2n) is 5.28. The summed E-state index contributed by atoms with van der Waals surface area (Å²) in [4.78, 5) is 0. The topological polar surface area (TPSA) is 66.1 Å². The van der Waals surface area contributed by atoms with Crippen LogP contribution in [-0.4, -0.2) is 41.5 Å². The summed E-state index contributed by atoms with van der Waals surface area (Å²) < 4.78 is 61.0. The quantitative estimate of drug-likeness (QED) is 0.919. The maximum Gasteiger partial charge on any atom is 0.511 e. The van der Waals surface area contributed by atoms with Crippen molar-refractivity contribution in [2.75, 3.05) is 13.1 Å². The summed E-state index contributed by atoms with van der Waals surface area (Å²) in [6.07, 6.45) is 0.670. The molecule has 0 saturated carbocycles. The number of nitrogens with one attached hydrogen (secondary N) is 1. The van der Waals surface area contributed by atoms with E-state index in [1.54, 1.807) is 0 Å². The molecule has 0 spiro atoms. The lowest BCUT2D eigenvalue weighted by Crippen LogP contribution is -2.44. The van der Waals surface area contributed by atoms with E-state index >= 15 is 0 Å².